The third-order valence-electron chi connectivity index (χ3n) is 1.61. The van der Waals surface area contributed by atoms with Crippen LogP contribution in [0.3, 0.4) is 0 Å². The van der Waals surface area contributed by atoms with Gasteiger partial charge in [0, 0.05) is 12.0 Å². The molecule has 0 saturated carbocycles. The molecule has 0 saturated heterocycles. The summed E-state index contributed by atoms with van der Waals surface area (Å²) in [6.07, 6.45) is -5.37. The van der Waals surface area contributed by atoms with Crippen LogP contribution in [0.5, 0.6) is 0 Å². The van der Waals surface area contributed by atoms with Gasteiger partial charge in [-0.2, -0.15) is 13.2 Å². The Labute approximate surface area is 80.7 Å². The van der Waals surface area contributed by atoms with E-state index in [2.05, 4.69) is 4.98 Å². The second-order valence-corrected chi connectivity index (χ2v) is 2.68. The number of carbonyl (C=O) groups excluding carboxylic acids is 1. The van der Waals surface area contributed by atoms with Gasteiger partial charge in [0.1, 0.15) is 11.6 Å². The molecule has 1 aromatic heterocycles. The molecule has 82 valence electrons. The van der Waals surface area contributed by atoms with Crippen LogP contribution in [0, 0.1) is 11.6 Å². The maximum atomic E-state index is 12.8. The second-order valence-electron chi connectivity index (χ2n) is 2.68. The predicted molar refractivity (Wildman–Crippen MR) is 38.9 cm³/mol. The Morgan fingerprint density at radius 1 is 1.20 bits per heavy atom. The molecule has 7 heteroatoms. The highest BCUT2D eigenvalue weighted by Crippen LogP contribution is 2.20. The quantitative estimate of drug-likeness (QED) is 0.721. The molecule has 0 aliphatic carbocycles. The number of pyridine rings is 1. The van der Waals surface area contributed by atoms with Crippen molar-refractivity contribution in [3.63, 3.8) is 0 Å². The van der Waals surface area contributed by atoms with E-state index in [1.807, 2.05) is 0 Å². The van der Waals surface area contributed by atoms with Gasteiger partial charge in [-0.05, 0) is 0 Å². The molecule has 0 bridgehead atoms. The van der Waals surface area contributed by atoms with Gasteiger partial charge in [-0.15, -0.1) is 0 Å². The minimum absolute atomic E-state index is 0.544. The molecule has 0 radical (unpaired) electrons. The Morgan fingerprint density at radius 2 is 1.67 bits per heavy atom. The summed E-state index contributed by atoms with van der Waals surface area (Å²) in [5.74, 6) is -4.74. The van der Waals surface area contributed by atoms with Crippen LogP contribution in [0.15, 0.2) is 12.4 Å². The van der Waals surface area contributed by atoms with Gasteiger partial charge < -0.3 is 0 Å². The Hall–Kier alpha value is -1.53. The fraction of sp³-hybridized carbons (Fsp3) is 0.250. The van der Waals surface area contributed by atoms with Crippen molar-refractivity contribution in [2.45, 2.75) is 12.6 Å². The highest BCUT2D eigenvalue weighted by Gasteiger charge is 2.38. The van der Waals surface area contributed by atoms with Crippen LogP contribution in [-0.2, 0) is 11.2 Å². The average Bonchev–Trinajstić information content (AvgIpc) is 2.09. The van der Waals surface area contributed by atoms with Gasteiger partial charge >= 0.3 is 6.18 Å². The number of nitrogens with zero attached hydrogens (tertiary/aromatic N) is 1. The van der Waals surface area contributed by atoms with E-state index in [0.717, 1.165) is 0 Å². The number of Topliss-reactive ketones (excluding diaryl/α,β-unsaturated/α-hetero) is 1. The van der Waals surface area contributed by atoms with Crippen LogP contribution in [0.4, 0.5) is 22.0 Å². The minimum Gasteiger partial charge on any atom is -0.289 e. The normalized spacial score (nSPS) is 11.5. The molecule has 0 spiro atoms. The van der Waals surface area contributed by atoms with Crippen molar-refractivity contribution >= 4 is 5.78 Å². The summed E-state index contributed by atoms with van der Waals surface area (Å²) in [7, 11) is 0. The van der Waals surface area contributed by atoms with E-state index in [1.165, 1.54) is 0 Å². The lowest BCUT2D eigenvalue weighted by Gasteiger charge is -2.06. The largest absolute Gasteiger partial charge is 0.450 e. The highest BCUT2D eigenvalue weighted by atomic mass is 19.4. The highest BCUT2D eigenvalue weighted by molar-refractivity contribution is 5.86. The molecule has 0 unspecified atom stereocenters. The van der Waals surface area contributed by atoms with Crippen LogP contribution in [0.1, 0.15) is 5.56 Å². The number of aromatic nitrogens is 1. The van der Waals surface area contributed by atoms with Crippen molar-refractivity contribution in [2.24, 2.45) is 0 Å². The molecular formula is C8H4F5NO. The third kappa shape index (κ3) is 2.71. The van der Waals surface area contributed by atoms with E-state index in [9.17, 15) is 26.7 Å². The molecule has 1 heterocycles. The lowest BCUT2D eigenvalue weighted by molar-refractivity contribution is -0.170. The zero-order chi connectivity index (χ0) is 11.6. The Bertz CT molecular complexity index is 367. The number of hydrogen-bond donors (Lipinski definition) is 0. The maximum absolute atomic E-state index is 12.8. The fourth-order valence-corrected chi connectivity index (χ4v) is 0.868. The smallest absolute Gasteiger partial charge is 0.289 e. The lowest BCUT2D eigenvalue weighted by Crippen LogP contribution is -2.25. The van der Waals surface area contributed by atoms with Gasteiger partial charge in [-0.3, -0.25) is 9.78 Å². The summed E-state index contributed by atoms with van der Waals surface area (Å²) in [5, 5.41) is 0. The van der Waals surface area contributed by atoms with Gasteiger partial charge in [0.15, 0.2) is 0 Å². The Balaban J connectivity index is 2.95. The number of hydrogen-bond acceptors (Lipinski definition) is 2. The minimum atomic E-state index is -5.10. The molecule has 0 aromatic carbocycles. The van der Waals surface area contributed by atoms with Gasteiger partial charge in [-0.25, -0.2) is 8.78 Å². The maximum Gasteiger partial charge on any atom is 0.450 e. The van der Waals surface area contributed by atoms with E-state index in [1.54, 1.807) is 0 Å². The molecule has 0 atom stereocenters. The number of alkyl halides is 3. The van der Waals surface area contributed by atoms with Crippen LogP contribution >= 0.6 is 0 Å². The van der Waals surface area contributed by atoms with Crippen LogP contribution in [-0.4, -0.2) is 16.9 Å². The Morgan fingerprint density at radius 3 is 2.07 bits per heavy atom. The monoisotopic (exact) mass is 225 g/mol. The third-order valence-corrected chi connectivity index (χ3v) is 1.61. The van der Waals surface area contributed by atoms with Crippen molar-refractivity contribution in [3.05, 3.63) is 29.6 Å². The first-order valence-corrected chi connectivity index (χ1v) is 3.70. The van der Waals surface area contributed by atoms with Crippen LogP contribution < -0.4 is 0 Å². The van der Waals surface area contributed by atoms with Crippen LogP contribution in [0.25, 0.3) is 0 Å². The first-order chi connectivity index (χ1) is 6.82. The summed E-state index contributed by atoms with van der Waals surface area (Å²) in [6, 6.07) is 0. The standard InChI is InChI=1S/C8H4F5NO/c9-5-2-14-3-6(10)4(5)1-7(15)8(11,12)13/h2-3H,1H2. The molecule has 0 amide bonds. The summed E-state index contributed by atoms with van der Waals surface area (Å²) < 4.78 is 60.9. The second kappa shape index (κ2) is 3.92. The number of ketones is 1. The molecule has 2 nitrogen and oxygen atoms in total. The molecular weight excluding hydrogens is 221 g/mol. The molecule has 0 fully saturated rings. The summed E-state index contributed by atoms with van der Waals surface area (Å²) in [6.45, 7) is 0. The SMILES string of the molecule is O=C(Cc1c(F)cncc1F)C(F)(F)F. The summed E-state index contributed by atoms with van der Waals surface area (Å²) in [4.78, 5) is 13.5. The predicted octanol–water partition coefficient (Wildman–Crippen LogP) is 2.03. The molecule has 0 N–H and O–H groups in total. The molecule has 1 rings (SSSR count). The van der Waals surface area contributed by atoms with E-state index in [-0.39, 0.29) is 0 Å². The summed E-state index contributed by atoms with van der Waals surface area (Å²) >= 11 is 0. The van der Waals surface area contributed by atoms with E-state index < -0.39 is 35.6 Å². The van der Waals surface area contributed by atoms with Crippen molar-refractivity contribution in [1.29, 1.82) is 0 Å². The van der Waals surface area contributed by atoms with Crippen LogP contribution in [0.2, 0.25) is 0 Å². The van der Waals surface area contributed by atoms with Crippen molar-refractivity contribution in [3.8, 4) is 0 Å². The molecule has 1 aromatic rings. The topological polar surface area (TPSA) is 30.0 Å². The zero-order valence-corrected chi connectivity index (χ0v) is 7.11. The first-order valence-electron chi connectivity index (χ1n) is 3.70. The number of carbonyl (C=O) groups is 1. The van der Waals surface area contributed by atoms with Gasteiger partial charge in [-0.1, -0.05) is 0 Å². The van der Waals surface area contributed by atoms with E-state index in [0.29, 0.717) is 12.4 Å². The Kier molecular flexibility index (Phi) is 3.01. The van der Waals surface area contributed by atoms with Crippen molar-refractivity contribution < 1.29 is 26.7 Å². The average molecular weight is 225 g/mol. The summed E-state index contributed by atoms with van der Waals surface area (Å²) in [5.41, 5.74) is -0.924. The molecule has 15 heavy (non-hydrogen) atoms. The molecule has 0 aliphatic rings. The van der Waals surface area contributed by atoms with E-state index >= 15 is 0 Å². The number of halogens is 5. The number of rotatable bonds is 2. The van der Waals surface area contributed by atoms with Crippen molar-refractivity contribution in [2.75, 3.05) is 0 Å². The zero-order valence-electron chi connectivity index (χ0n) is 7.11. The van der Waals surface area contributed by atoms with Gasteiger partial charge in [0.25, 0.3) is 0 Å². The first kappa shape index (κ1) is 11.5. The van der Waals surface area contributed by atoms with Gasteiger partial charge in [0.05, 0.1) is 12.4 Å². The fourth-order valence-electron chi connectivity index (χ4n) is 0.868. The van der Waals surface area contributed by atoms with E-state index in [4.69, 9.17) is 0 Å². The molecule has 0 aliphatic heterocycles. The van der Waals surface area contributed by atoms with Crippen molar-refractivity contribution in [1.82, 2.24) is 4.98 Å². The lowest BCUT2D eigenvalue weighted by atomic mass is 10.1. The van der Waals surface area contributed by atoms with Gasteiger partial charge in [0.2, 0.25) is 5.78 Å².